The van der Waals surface area contributed by atoms with Gasteiger partial charge in [-0.3, -0.25) is 9.79 Å². The molecule has 1 aliphatic carbocycles. The summed E-state index contributed by atoms with van der Waals surface area (Å²) in [5, 5.41) is 11.7. The summed E-state index contributed by atoms with van der Waals surface area (Å²) in [5.74, 6) is 1.43. The van der Waals surface area contributed by atoms with E-state index < -0.39 is 0 Å². The minimum absolute atomic E-state index is 0. The van der Waals surface area contributed by atoms with Gasteiger partial charge in [0.1, 0.15) is 0 Å². The van der Waals surface area contributed by atoms with E-state index in [0.717, 1.165) is 44.9 Å². The maximum atomic E-state index is 11.6. The smallest absolute Gasteiger partial charge is 0.220 e. The van der Waals surface area contributed by atoms with Crippen molar-refractivity contribution in [3.63, 3.8) is 0 Å². The molecule has 0 radical (unpaired) electrons. The average Bonchev–Trinajstić information content (AvgIpc) is 3.17. The zero-order chi connectivity index (χ0) is 16.5. The normalized spacial score (nSPS) is 15.3. The minimum Gasteiger partial charge on any atom is -0.357 e. The number of hydrogen-bond acceptors (Lipinski definition) is 3. The number of guanidine groups is 1. The lowest BCUT2D eigenvalue weighted by atomic mass is 10.1. The highest BCUT2D eigenvalue weighted by molar-refractivity contribution is 14.0. The summed E-state index contributed by atoms with van der Waals surface area (Å²) in [6.07, 6.45) is 3.69. The van der Waals surface area contributed by atoms with Gasteiger partial charge >= 0.3 is 0 Å². The van der Waals surface area contributed by atoms with Gasteiger partial charge in [-0.05, 0) is 37.6 Å². The minimum atomic E-state index is 0. The number of thiophene rings is 1. The third-order valence-electron chi connectivity index (χ3n) is 3.71. The number of nitrogens with one attached hydrogen (secondary N) is 3. The Morgan fingerprint density at radius 1 is 1.42 bits per heavy atom. The van der Waals surface area contributed by atoms with E-state index in [1.807, 2.05) is 0 Å². The van der Waals surface area contributed by atoms with Crippen molar-refractivity contribution in [3.05, 3.63) is 22.4 Å². The molecule has 1 aromatic rings. The van der Waals surface area contributed by atoms with Gasteiger partial charge in [0.25, 0.3) is 0 Å². The van der Waals surface area contributed by atoms with E-state index in [1.54, 1.807) is 11.3 Å². The van der Waals surface area contributed by atoms with Crippen LogP contribution < -0.4 is 16.0 Å². The zero-order valence-corrected chi connectivity index (χ0v) is 17.7. The second-order valence-corrected chi connectivity index (χ2v) is 6.99. The first-order valence-electron chi connectivity index (χ1n) is 8.54. The second kappa shape index (κ2) is 11.7. The van der Waals surface area contributed by atoms with Crippen LogP contribution in [0.2, 0.25) is 0 Å². The maximum Gasteiger partial charge on any atom is 0.220 e. The molecule has 1 saturated carbocycles. The van der Waals surface area contributed by atoms with Crippen molar-refractivity contribution in [2.45, 2.75) is 51.5 Å². The topological polar surface area (TPSA) is 65.5 Å². The fourth-order valence-corrected chi connectivity index (χ4v) is 2.99. The Hall–Kier alpha value is -0.830. The van der Waals surface area contributed by atoms with Crippen LogP contribution in [0.3, 0.4) is 0 Å². The molecule has 3 N–H and O–H groups in total. The first-order valence-corrected chi connectivity index (χ1v) is 9.42. The Labute approximate surface area is 166 Å². The van der Waals surface area contributed by atoms with E-state index in [4.69, 9.17) is 0 Å². The van der Waals surface area contributed by atoms with Crippen molar-refractivity contribution in [3.8, 4) is 0 Å². The summed E-state index contributed by atoms with van der Waals surface area (Å²) in [7, 11) is 0. The van der Waals surface area contributed by atoms with Gasteiger partial charge in [-0.1, -0.05) is 13.0 Å². The lowest BCUT2D eigenvalue weighted by Crippen LogP contribution is -2.38. The van der Waals surface area contributed by atoms with E-state index in [-0.39, 0.29) is 29.9 Å². The third kappa shape index (κ3) is 8.32. The first kappa shape index (κ1) is 21.2. The van der Waals surface area contributed by atoms with Crippen LogP contribution in [-0.2, 0) is 4.79 Å². The molecule has 1 aliphatic rings. The number of nitrogens with zero attached hydrogens (tertiary/aromatic N) is 1. The number of carbonyl (C=O) groups excluding carboxylic acids is 1. The summed E-state index contributed by atoms with van der Waals surface area (Å²) in [6, 6.07) is 4.69. The van der Waals surface area contributed by atoms with E-state index in [0.29, 0.717) is 18.4 Å². The van der Waals surface area contributed by atoms with Crippen LogP contribution in [0.15, 0.2) is 22.5 Å². The molecule has 136 valence electrons. The maximum absolute atomic E-state index is 11.6. The van der Waals surface area contributed by atoms with Crippen LogP contribution in [0.1, 0.15) is 50.3 Å². The largest absolute Gasteiger partial charge is 0.357 e. The molecular weight excluding hydrogens is 435 g/mol. The molecule has 0 bridgehead atoms. The summed E-state index contributed by atoms with van der Waals surface area (Å²) in [5.41, 5.74) is 0. The summed E-state index contributed by atoms with van der Waals surface area (Å²) in [4.78, 5) is 17.6. The molecule has 0 aromatic carbocycles. The van der Waals surface area contributed by atoms with Crippen molar-refractivity contribution < 1.29 is 4.79 Å². The molecule has 1 unspecified atom stereocenters. The summed E-state index contributed by atoms with van der Waals surface area (Å²) >= 11 is 1.78. The molecule has 24 heavy (non-hydrogen) atoms. The fourth-order valence-electron chi connectivity index (χ4n) is 2.21. The Morgan fingerprint density at radius 3 is 2.83 bits per heavy atom. The van der Waals surface area contributed by atoms with Crippen molar-refractivity contribution in [1.29, 1.82) is 0 Å². The van der Waals surface area contributed by atoms with Gasteiger partial charge in [0.05, 0.1) is 6.54 Å². The highest BCUT2D eigenvalue weighted by Gasteiger charge is 2.22. The van der Waals surface area contributed by atoms with Crippen molar-refractivity contribution in [1.82, 2.24) is 16.0 Å². The lowest BCUT2D eigenvalue weighted by molar-refractivity contribution is -0.121. The monoisotopic (exact) mass is 464 g/mol. The van der Waals surface area contributed by atoms with Gasteiger partial charge < -0.3 is 16.0 Å². The van der Waals surface area contributed by atoms with Crippen molar-refractivity contribution in [2.75, 3.05) is 19.6 Å². The summed E-state index contributed by atoms with van der Waals surface area (Å²) in [6.45, 7) is 6.61. The number of halogens is 1. The van der Waals surface area contributed by atoms with Gasteiger partial charge in [0.2, 0.25) is 5.91 Å². The Balaban J connectivity index is 0.00000288. The van der Waals surface area contributed by atoms with Crippen LogP contribution in [0.4, 0.5) is 0 Å². The molecule has 7 heteroatoms. The summed E-state index contributed by atoms with van der Waals surface area (Å²) < 4.78 is 0. The van der Waals surface area contributed by atoms with Crippen LogP contribution in [-0.4, -0.2) is 37.5 Å². The van der Waals surface area contributed by atoms with E-state index in [9.17, 15) is 4.79 Å². The third-order valence-corrected chi connectivity index (χ3v) is 4.82. The molecule has 1 fully saturated rings. The molecule has 1 amide bonds. The van der Waals surface area contributed by atoms with Gasteiger partial charge in [-0.2, -0.15) is 0 Å². The SMILES string of the molecule is CCNC(=NCC(C)c1cccs1)NCCCC(=O)NC1CC1.I. The predicted molar refractivity (Wildman–Crippen MR) is 113 cm³/mol. The van der Waals surface area contributed by atoms with Crippen LogP contribution in [0.25, 0.3) is 0 Å². The molecule has 5 nitrogen and oxygen atoms in total. The Morgan fingerprint density at radius 2 is 2.21 bits per heavy atom. The number of rotatable bonds is 9. The number of hydrogen-bond donors (Lipinski definition) is 3. The van der Waals surface area contributed by atoms with Crippen molar-refractivity contribution in [2.24, 2.45) is 4.99 Å². The molecule has 0 spiro atoms. The first-order chi connectivity index (χ1) is 11.2. The highest BCUT2D eigenvalue weighted by Crippen LogP contribution is 2.20. The zero-order valence-electron chi connectivity index (χ0n) is 14.5. The molecule has 1 atom stereocenters. The quantitative estimate of drug-likeness (QED) is 0.228. The van der Waals surface area contributed by atoms with E-state index in [1.165, 1.54) is 4.88 Å². The molecule has 0 saturated heterocycles. The number of aliphatic imine (C=N–C) groups is 1. The Kier molecular flexibility index (Phi) is 10.3. The van der Waals surface area contributed by atoms with Crippen LogP contribution in [0, 0.1) is 0 Å². The average molecular weight is 464 g/mol. The molecule has 1 heterocycles. The van der Waals surface area contributed by atoms with Crippen molar-refractivity contribution >= 4 is 47.2 Å². The number of amides is 1. The highest BCUT2D eigenvalue weighted by atomic mass is 127. The Bertz CT molecular complexity index is 503. The van der Waals surface area contributed by atoms with Gasteiger partial charge in [0, 0.05) is 36.3 Å². The number of carbonyl (C=O) groups is 1. The lowest BCUT2D eigenvalue weighted by Gasteiger charge is -2.13. The van der Waals surface area contributed by atoms with Crippen LogP contribution in [0.5, 0.6) is 0 Å². The molecular formula is C17H29IN4OS. The van der Waals surface area contributed by atoms with Gasteiger partial charge in [0.15, 0.2) is 5.96 Å². The molecule has 2 rings (SSSR count). The van der Waals surface area contributed by atoms with Crippen LogP contribution >= 0.6 is 35.3 Å². The predicted octanol–water partition coefficient (Wildman–Crippen LogP) is 3.08. The molecule has 1 aromatic heterocycles. The van der Waals surface area contributed by atoms with E-state index in [2.05, 4.69) is 52.3 Å². The second-order valence-electron chi connectivity index (χ2n) is 6.01. The van der Waals surface area contributed by atoms with E-state index >= 15 is 0 Å². The van der Waals surface area contributed by atoms with Gasteiger partial charge in [-0.25, -0.2) is 0 Å². The van der Waals surface area contributed by atoms with Gasteiger partial charge in [-0.15, -0.1) is 35.3 Å². The fraction of sp³-hybridized carbons (Fsp3) is 0.647. The molecule has 0 aliphatic heterocycles. The standard InChI is InChI=1S/C17H28N4OS.HI/c1-3-18-17(20-12-13(2)15-6-5-11-23-15)19-10-4-7-16(22)21-14-8-9-14;/h5-6,11,13-14H,3-4,7-10,12H2,1-2H3,(H,21,22)(H2,18,19,20);1H.